The molecule has 5 aromatic carbocycles. The summed E-state index contributed by atoms with van der Waals surface area (Å²) in [7, 11) is 0. The molecule has 1 spiro atoms. The Bertz CT molecular complexity index is 1660. The summed E-state index contributed by atoms with van der Waals surface area (Å²) in [6, 6.07) is 38.2. The summed E-state index contributed by atoms with van der Waals surface area (Å²) in [5.41, 5.74) is 5.20. The smallest absolute Gasteiger partial charge is 0.268 e. The maximum absolute atomic E-state index is 6.15. The van der Waals surface area contributed by atoms with E-state index in [4.69, 9.17) is 14.5 Å². The van der Waals surface area contributed by atoms with Crippen LogP contribution in [0.2, 0.25) is 0 Å². The number of allylic oxidation sites excluding steroid dienone is 1. The Morgan fingerprint density at radius 1 is 0.750 bits per heavy atom. The molecule has 4 nitrogen and oxygen atoms in total. The summed E-state index contributed by atoms with van der Waals surface area (Å²) in [5.74, 6) is 0.412. The normalized spacial score (nSPS) is 22.9. The number of rotatable bonds is 5. The van der Waals surface area contributed by atoms with Crippen molar-refractivity contribution >= 4 is 32.8 Å². The second kappa shape index (κ2) is 10.5. The van der Waals surface area contributed by atoms with Gasteiger partial charge < -0.3 is 10.1 Å². The SMILES string of the molecule is C=C(c1ccc2ccc3ccccc3c2c1)C1CCC2(CC1)COC(Nc1ccccc1-c1ccccc1)OO2. The summed E-state index contributed by atoms with van der Waals surface area (Å²) < 4.78 is 6.15. The second-order valence-corrected chi connectivity index (χ2v) is 11.1. The van der Waals surface area contributed by atoms with Crippen molar-refractivity contribution in [1.29, 1.82) is 0 Å². The van der Waals surface area contributed by atoms with Crippen LogP contribution in [0.15, 0.2) is 116 Å². The van der Waals surface area contributed by atoms with Gasteiger partial charge in [-0.05, 0) is 82.0 Å². The molecule has 40 heavy (non-hydrogen) atoms. The predicted octanol–water partition coefficient (Wildman–Crippen LogP) is 8.98. The van der Waals surface area contributed by atoms with Crippen molar-refractivity contribution in [2.45, 2.75) is 37.7 Å². The lowest BCUT2D eigenvalue weighted by molar-refractivity contribution is -0.468. The van der Waals surface area contributed by atoms with Gasteiger partial charge in [0.05, 0.1) is 6.61 Å². The van der Waals surface area contributed by atoms with Crippen LogP contribution in [0.5, 0.6) is 0 Å². The molecule has 4 heteroatoms. The van der Waals surface area contributed by atoms with Crippen LogP contribution in [0.3, 0.4) is 0 Å². The quantitative estimate of drug-likeness (QED) is 0.183. The molecule has 1 aliphatic heterocycles. The molecular weight excluding hydrogens is 494 g/mol. The van der Waals surface area contributed by atoms with Gasteiger partial charge in [-0.2, -0.15) is 4.89 Å². The zero-order chi connectivity index (χ0) is 26.9. The number of nitrogens with one attached hydrogen (secondary N) is 1. The van der Waals surface area contributed by atoms with E-state index in [-0.39, 0.29) is 0 Å². The van der Waals surface area contributed by atoms with Gasteiger partial charge in [0, 0.05) is 11.3 Å². The van der Waals surface area contributed by atoms with Gasteiger partial charge >= 0.3 is 0 Å². The van der Waals surface area contributed by atoms with Crippen molar-refractivity contribution in [2.24, 2.45) is 5.92 Å². The minimum absolute atomic E-state index is 0.409. The molecule has 0 bridgehead atoms. The van der Waals surface area contributed by atoms with E-state index in [1.165, 1.54) is 32.7 Å². The van der Waals surface area contributed by atoms with Crippen molar-refractivity contribution in [2.75, 3.05) is 11.9 Å². The van der Waals surface area contributed by atoms with Gasteiger partial charge in [-0.15, -0.1) is 0 Å². The first-order chi connectivity index (χ1) is 19.7. The van der Waals surface area contributed by atoms with Crippen LogP contribution >= 0.6 is 0 Å². The average Bonchev–Trinajstić information content (AvgIpc) is 3.03. The van der Waals surface area contributed by atoms with Gasteiger partial charge in [-0.3, -0.25) is 0 Å². The second-order valence-electron chi connectivity index (χ2n) is 11.1. The molecule has 1 heterocycles. The largest absolute Gasteiger partial charge is 0.335 e. The summed E-state index contributed by atoms with van der Waals surface area (Å²) >= 11 is 0. The van der Waals surface area contributed by atoms with E-state index in [1.54, 1.807) is 0 Å². The predicted molar refractivity (Wildman–Crippen MR) is 163 cm³/mol. The molecule has 0 radical (unpaired) electrons. The van der Waals surface area contributed by atoms with E-state index < -0.39 is 12.0 Å². The van der Waals surface area contributed by atoms with Crippen molar-refractivity contribution in [3.8, 4) is 11.1 Å². The third kappa shape index (κ3) is 4.79. The number of benzene rings is 5. The van der Waals surface area contributed by atoms with Crippen LogP contribution in [0.4, 0.5) is 5.69 Å². The summed E-state index contributed by atoms with van der Waals surface area (Å²) in [6.07, 6.45) is 3.08. The highest BCUT2D eigenvalue weighted by atomic mass is 17.2. The van der Waals surface area contributed by atoms with E-state index in [2.05, 4.69) is 84.7 Å². The fraction of sp³-hybridized carbons (Fsp3) is 0.222. The molecule has 1 aliphatic carbocycles. The van der Waals surface area contributed by atoms with Gasteiger partial charge in [0.15, 0.2) is 0 Å². The first-order valence-electron chi connectivity index (χ1n) is 14.2. The average molecular weight is 528 g/mol. The van der Waals surface area contributed by atoms with Gasteiger partial charge in [-0.25, -0.2) is 4.89 Å². The maximum Gasteiger partial charge on any atom is 0.268 e. The Kier molecular flexibility index (Phi) is 6.60. The molecule has 1 saturated carbocycles. The third-order valence-corrected chi connectivity index (χ3v) is 8.60. The van der Waals surface area contributed by atoms with E-state index in [0.717, 1.165) is 42.5 Å². The number of para-hydroxylation sites is 1. The van der Waals surface area contributed by atoms with Crippen molar-refractivity contribution in [1.82, 2.24) is 0 Å². The van der Waals surface area contributed by atoms with E-state index in [9.17, 15) is 0 Å². The number of hydrogen-bond acceptors (Lipinski definition) is 4. The molecule has 200 valence electrons. The van der Waals surface area contributed by atoms with Crippen LogP contribution in [0.1, 0.15) is 31.2 Å². The third-order valence-electron chi connectivity index (χ3n) is 8.60. The van der Waals surface area contributed by atoms with Gasteiger partial charge in [-0.1, -0.05) is 104 Å². The van der Waals surface area contributed by atoms with Gasteiger partial charge in [0.2, 0.25) is 0 Å². The molecule has 5 aromatic rings. The Morgan fingerprint density at radius 2 is 1.45 bits per heavy atom. The molecule has 1 unspecified atom stereocenters. The summed E-state index contributed by atoms with van der Waals surface area (Å²) in [5, 5.41) is 8.46. The molecular formula is C36H33NO3. The standard InChI is InChI=1S/C36H33NO3/c1-25(30-18-17-29-16-15-28-11-5-6-12-31(28)33(29)23-30)26-19-21-36(22-20-26)24-38-35(39-40-36)37-34-14-8-7-13-32(34)27-9-3-2-4-10-27/h2-18,23,26,35,37H,1,19-22,24H2. The molecule has 2 aliphatic rings. The fourth-order valence-corrected chi connectivity index (χ4v) is 6.25. The van der Waals surface area contributed by atoms with E-state index in [0.29, 0.717) is 12.5 Å². The first kappa shape index (κ1) is 25.0. The molecule has 7 rings (SSSR count). The van der Waals surface area contributed by atoms with Gasteiger partial charge in [0.25, 0.3) is 6.41 Å². The highest BCUT2D eigenvalue weighted by molar-refractivity contribution is 6.08. The Labute approximate surface area is 235 Å². The Balaban J connectivity index is 0.994. The van der Waals surface area contributed by atoms with Crippen molar-refractivity contribution in [3.63, 3.8) is 0 Å². The van der Waals surface area contributed by atoms with E-state index >= 15 is 0 Å². The Hall–Kier alpha value is -3.96. The van der Waals surface area contributed by atoms with Crippen LogP contribution in [0, 0.1) is 5.92 Å². The highest BCUT2D eigenvalue weighted by Crippen LogP contribution is 2.43. The number of hydrogen-bond donors (Lipinski definition) is 1. The monoisotopic (exact) mass is 527 g/mol. The van der Waals surface area contributed by atoms with Gasteiger partial charge in [0.1, 0.15) is 5.60 Å². The van der Waals surface area contributed by atoms with Crippen LogP contribution < -0.4 is 5.32 Å². The lowest BCUT2D eigenvalue weighted by Crippen LogP contribution is -2.49. The summed E-state index contributed by atoms with van der Waals surface area (Å²) in [4.78, 5) is 11.8. The summed E-state index contributed by atoms with van der Waals surface area (Å²) in [6.45, 7) is 5.05. The molecule has 2 fully saturated rings. The molecule has 1 saturated heterocycles. The molecule has 0 amide bonds. The van der Waals surface area contributed by atoms with Crippen LogP contribution in [-0.2, 0) is 14.5 Å². The van der Waals surface area contributed by atoms with Crippen LogP contribution in [0.25, 0.3) is 38.2 Å². The maximum atomic E-state index is 6.15. The molecule has 0 aromatic heterocycles. The fourth-order valence-electron chi connectivity index (χ4n) is 6.25. The number of ether oxygens (including phenoxy) is 1. The minimum Gasteiger partial charge on any atom is -0.335 e. The van der Waals surface area contributed by atoms with Crippen LogP contribution in [-0.4, -0.2) is 18.6 Å². The van der Waals surface area contributed by atoms with Crippen molar-refractivity contribution in [3.05, 3.63) is 121 Å². The zero-order valence-electron chi connectivity index (χ0n) is 22.5. The number of fused-ring (bicyclic) bond motifs is 3. The topological polar surface area (TPSA) is 39.7 Å². The van der Waals surface area contributed by atoms with Crippen molar-refractivity contribution < 1.29 is 14.5 Å². The zero-order valence-corrected chi connectivity index (χ0v) is 22.5. The first-order valence-corrected chi connectivity index (χ1v) is 14.2. The lowest BCUT2D eigenvalue weighted by atomic mass is 9.75. The molecule has 1 N–H and O–H groups in total. The lowest BCUT2D eigenvalue weighted by Gasteiger charge is -2.43. The molecule has 1 atom stereocenters. The number of anilines is 1. The van der Waals surface area contributed by atoms with E-state index in [1.807, 2.05) is 36.4 Å². The minimum atomic E-state index is -0.657. The Morgan fingerprint density at radius 3 is 2.25 bits per heavy atom. The highest BCUT2D eigenvalue weighted by Gasteiger charge is 2.43.